The van der Waals surface area contributed by atoms with E-state index in [1.165, 1.54) is 0 Å². The van der Waals surface area contributed by atoms with Gasteiger partial charge in [-0.2, -0.15) is 13.2 Å². The number of hydrogen-bond donors (Lipinski definition) is 2. The number of nitrogens with zero attached hydrogens (tertiary/aromatic N) is 1. The van der Waals surface area contributed by atoms with Gasteiger partial charge in [0.2, 0.25) is 0 Å². The summed E-state index contributed by atoms with van der Waals surface area (Å²) in [5, 5.41) is 2.96. The van der Waals surface area contributed by atoms with Crippen LogP contribution in [0.2, 0.25) is 0 Å². The van der Waals surface area contributed by atoms with E-state index in [0.29, 0.717) is 19.0 Å². The van der Waals surface area contributed by atoms with Crippen molar-refractivity contribution in [3.05, 3.63) is 53.4 Å². The first-order chi connectivity index (χ1) is 9.45. The minimum Gasteiger partial charge on any atom is -0.348 e. The normalized spacial score (nSPS) is 11.8. The van der Waals surface area contributed by atoms with Gasteiger partial charge in [-0.25, -0.2) is 9.37 Å². The van der Waals surface area contributed by atoms with Crippen LogP contribution in [0.4, 0.5) is 17.6 Å². The van der Waals surface area contributed by atoms with E-state index in [1.54, 1.807) is 12.5 Å². The summed E-state index contributed by atoms with van der Waals surface area (Å²) < 4.78 is 50.7. The molecule has 2 rings (SSSR count). The topological polar surface area (TPSA) is 40.7 Å². The lowest BCUT2D eigenvalue weighted by atomic mass is 10.1. The Hall–Kier alpha value is -1.89. The van der Waals surface area contributed by atoms with Crippen LogP contribution in [0.15, 0.2) is 30.7 Å². The van der Waals surface area contributed by atoms with Crippen molar-refractivity contribution in [2.45, 2.75) is 19.1 Å². The number of nitrogens with one attached hydrogen (secondary N) is 2. The molecule has 1 aromatic carbocycles. The van der Waals surface area contributed by atoms with Crippen LogP contribution in [0, 0.1) is 5.82 Å². The van der Waals surface area contributed by atoms with Crippen molar-refractivity contribution in [2.24, 2.45) is 0 Å². The highest BCUT2D eigenvalue weighted by Crippen LogP contribution is 2.30. The molecule has 0 radical (unpaired) electrons. The molecule has 0 saturated heterocycles. The van der Waals surface area contributed by atoms with Crippen molar-refractivity contribution in [3.63, 3.8) is 0 Å². The zero-order chi connectivity index (χ0) is 14.6. The van der Waals surface area contributed by atoms with E-state index in [2.05, 4.69) is 15.3 Å². The fourth-order valence-corrected chi connectivity index (χ4v) is 1.79. The number of alkyl halides is 3. The predicted molar refractivity (Wildman–Crippen MR) is 65.4 cm³/mol. The molecule has 0 atom stereocenters. The number of benzene rings is 1. The molecule has 0 aliphatic carbocycles. The molecule has 1 aromatic heterocycles. The summed E-state index contributed by atoms with van der Waals surface area (Å²) in [7, 11) is 0. The van der Waals surface area contributed by atoms with Gasteiger partial charge in [-0.1, -0.05) is 0 Å². The highest BCUT2D eigenvalue weighted by molar-refractivity contribution is 5.26. The number of imidazole rings is 1. The second kappa shape index (κ2) is 6.04. The molecule has 108 valence electrons. The van der Waals surface area contributed by atoms with Gasteiger partial charge in [0.1, 0.15) is 5.82 Å². The molecule has 0 amide bonds. The summed E-state index contributed by atoms with van der Waals surface area (Å²) >= 11 is 0. The molecule has 0 aliphatic rings. The van der Waals surface area contributed by atoms with Gasteiger partial charge in [-0.3, -0.25) is 0 Å². The molecule has 0 unspecified atom stereocenters. The highest BCUT2D eigenvalue weighted by atomic mass is 19.4. The van der Waals surface area contributed by atoms with Crippen molar-refractivity contribution in [2.75, 3.05) is 6.54 Å². The van der Waals surface area contributed by atoms with E-state index in [9.17, 15) is 17.6 Å². The van der Waals surface area contributed by atoms with Crippen molar-refractivity contribution in [1.29, 1.82) is 0 Å². The maximum Gasteiger partial charge on any atom is 0.416 e. The molecule has 20 heavy (non-hydrogen) atoms. The summed E-state index contributed by atoms with van der Waals surface area (Å²) in [6.45, 7) is 0.731. The Bertz CT molecular complexity index is 549. The maximum atomic E-state index is 13.1. The first-order valence-corrected chi connectivity index (χ1v) is 6.00. The summed E-state index contributed by atoms with van der Waals surface area (Å²) in [6, 6.07) is 2.54. The SMILES string of the molecule is Fc1cc(CNCCc2cnc[nH]2)cc(C(F)(F)F)c1. The van der Waals surface area contributed by atoms with Crippen molar-refractivity contribution in [1.82, 2.24) is 15.3 Å². The third kappa shape index (κ3) is 4.06. The molecule has 2 aromatic rings. The second-order valence-corrected chi connectivity index (χ2v) is 4.35. The summed E-state index contributed by atoms with van der Waals surface area (Å²) in [6.07, 6.45) is -0.642. The molecule has 7 heteroatoms. The van der Waals surface area contributed by atoms with Gasteiger partial charge in [0.05, 0.1) is 11.9 Å². The quantitative estimate of drug-likeness (QED) is 0.656. The van der Waals surface area contributed by atoms with Crippen LogP contribution < -0.4 is 5.32 Å². The lowest BCUT2D eigenvalue weighted by Crippen LogP contribution is -2.17. The Labute approximate surface area is 113 Å². The number of halogens is 4. The molecular weight excluding hydrogens is 274 g/mol. The van der Waals surface area contributed by atoms with Gasteiger partial charge < -0.3 is 10.3 Å². The Kier molecular flexibility index (Phi) is 4.39. The standard InChI is InChI=1S/C13H13F4N3/c14-11-4-9(3-10(5-11)13(15,16)17)6-18-2-1-12-7-19-8-20-12/h3-5,7-8,18H,1-2,6H2,(H,19,20). The number of rotatable bonds is 5. The monoisotopic (exact) mass is 287 g/mol. The maximum absolute atomic E-state index is 13.1. The van der Waals surface area contributed by atoms with Crippen molar-refractivity contribution >= 4 is 0 Å². The van der Waals surface area contributed by atoms with Gasteiger partial charge in [0.25, 0.3) is 0 Å². The van der Waals surface area contributed by atoms with Crippen LogP contribution in [0.25, 0.3) is 0 Å². The number of aromatic nitrogens is 2. The van der Waals surface area contributed by atoms with Crippen LogP contribution in [-0.4, -0.2) is 16.5 Å². The van der Waals surface area contributed by atoms with Crippen LogP contribution in [0.5, 0.6) is 0 Å². The molecule has 0 spiro atoms. The fraction of sp³-hybridized carbons (Fsp3) is 0.308. The van der Waals surface area contributed by atoms with Crippen LogP contribution in [-0.2, 0) is 19.1 Å². The second-order valence-electron chi connectivity index (χ2n) is 4.35. The van der Waals surface area contributed by atoms with E-state index in [0.717, 1.165) is 17.8 Å². The Morgan fingerprint density at radius 2 is 2.00 bits per heavy atom. The van der Waals surface area contributed by atoms with E-state index >= 15 is 0 Å². The van der Waals surface area contributed by atoms with Gasteiger partial charge in [-0.15, -0.1) is 0 Å². The zero-order valence-electron chi connectivity index (χ0n) is 10.5. The Balaban J connectivity index is 1.91. The van der Waals surface area contributed by atoms with E-state index < -0.39 is 17.6 Å². The Morgan fingerprint density at radius 1 is 1.20 bits per heavy atom. The number of hydrogen-bond acceptors (Lipinski definition) is 2. The smallest absolute Gasteiger partial charge is 0.348 e. The van der Waals surface area contributed by atoms with Gasteiger partial charge in [0, 0.05) is 31.4 Å². The summed E-state index contributed by atoms with van der Waals surface area (Å²) in [5.74, 6) is -0.884. The van der Waals surface area contributed by atoms with Gasteiger partial charge in [0.15, 0.2) is 0 Å². The molecular formula is C13H13F4N3. The Morgan fingerprint density at radius 3 is 2.65 bits per heavy atom. The molecule has 3 nitrogen and oxygen atoms in total. The summed E-state index contributed by atoms with van der Waals surface area (Å²) in [5.41, 5.74) is 0.220. The first-order valence-electron chi connectivity index (χ1n) is 6.00. The van der Waals surface area contributed by atoms with Crippen molar-refractivity contribution in [3.8, 4) is 0 Å². The molecule has 1 heterocycles. The number of H-pyrrole nitrogens is 1. The number of aromatic amines is 1. The predicted octanol–water partition coefficient (Wildman–Crippen LogP) is 2.90. The van der Waals surface area contributed by atoms with Crippen LogP contribution in [0.1, 0.15) is 16.8 Å². The zero-order valence-corrected chi connectivity index (χ0v) is 10.5. The van der Waals surface area contributed by atoms with Gasteiger partial charge in [-0.05, 0) is 23.8 Å². The fourth-order valence-electron chi connectivity index (χ4n) is 1.79. The van der Waals surface area contributed by atoms with E-state index in [-0.39, 0.29) is 12.1 Å². The molecule has 0 fully saturated rings. The van der Waals surface area contributed by atoms with Crippen LogP contribution >= 0.6 is 0 Å². The average molecular weight is 287 g/mol. The third-order valence-electron chi connectivity index (χ3n) is 2.74. The van der Waals surface area contributed by atoms with E-state index in [4.69, 9.17) is 0 Å². The minimum absolute atomic E-state index is 0.176. The minimum atomic E-state index is -4.53. The third-order valence-corrected chi connectivity index (χ3v) is 2.74. The lowest BCUT2D eigenvalue weighted by molar-refractivity contribution is -0.137. The average Bonchev–Trinajstić information content (AvgIpc) is 2.86. The molecule has 2 N–H and O–H groups in total. The molecule has 0 aliphatic heterocycles. The van der Waals surface area contributed by atoms with Gasteiger partial charge >= 0.3 is 6.18 Å². The largest absolute Gasteiger partial charge is 0.416 e. The molecule has 0 saturated carbocycles. The summed E-state index contributed by atoms with van der Waals surface area (Å²) in [4.78, 5) is 6.77. The van der Waals surface area contributed by atoms with Crippen LogP contribution in [0.3, 0.4) is 0 Å². The van der Waals surface area contributed by atoms with Crippen molar-refractivity contribution < 1.29 is 17.6 Å². The first kappa shape index (κ1) is 14.5. The molecule has 0 bridgehead atoms. The van der Waals surface area contributed by atoms with E-state index in [1.807, 2.05) is 0 Å². The lowest BCUT2D eigenvalue weighted by Gasteiger charge is -2.10. The highest BCUT2D eigenvalue weighted by Gasteiger charge is 2.31.